The number of hydrogen-bond acceptors (Lipinski definition) is 6. The third-order valence-corrected chi connectivity index (χ3v) is 6.33. The smallest absolute Gasteiger partial charge is 0.223 e. The zero-order chi connectivity index (χ0) is 24.8. The molecule has 3 unspecified atom stereocenters. The van der Waals surface area contributed by atoms with Gasteiger partial charge in [0.1, 0.15) is 0 Å². The van der Waals surface area contributed by atoms with Gasteiger partial charge in [0.05, 0.1) is 19.8 Å². The standard InChI is InChI=1S/C26H46N2O5/c1-7-20(8-2)26(30)28-17-23(29)22(27)16-21(18(3)4)14-19-10-11-24(32-6)25(15-19)33-13-9-12-31-5/h10-11,15,18,20-23,29H,7-9,12-14,16-17,27H2,1-6H3,(H,28,30). The van der Waals surface area contributed by atoms with Gasteiger partial charge < -0.3 is 30.4 Å². The van der Waals surface area contributed by atoms with Crippen molar-refractivity contribution < 1.29 is 24.1 Å². The van der Waals surface area contributed by atoms with Crippen LogP contribution in [0.25, 0.3) is 0 Å². The minimum Gasteiger partial charge on any atom is -0.493 e. The molecule has 190 valence electrons. The molecule has 0 saturated heterocycles. The number of aliphatic hydroxyl groups excluding tert-OH is 1. The molecular formula is C26H46N2O5. The summed E-state index contributed by atoms with van der Waals surface area (Å²) in [7, 11) is 3.31. The Balaban J connectivity index is 2.74. The molecule has 0 heterocycles. The molecule has 1 rings (SSSR count). The van der Waals surface area contributed by atoms with Crippen molar-refractivity contribution in [3.63, 3.8) is 0 Å². The normalized spacial score (nSPS) is 14.2. The van der Waals surface area contributed by atoms with Crippen molar-refractivity contribution in [3.05, 3.63) is 23.8 Å². The van der Waals surface area contributed by atoms with E-state index in [1.807, 2.05) is 32.0 Å². The average Bonchev–Trinajstić information content (AvgIpc) is 2.80. The topological polar surface area (TPSA) is 103 Å². The summed E-state index contributed by atoms with van der Waals surface area (Å²) < 4.78 is 16.4. The van der Waals surface area contributed by atoms with Crippen LogP contribution in [0.15, 0.2) is 18.2 Å². The van der Waals surface area contributed by atoms with Gasteiger partial charge in [-0.3, -0.25) is 4.79 Å². The van der Waals surface area contributed by atoms with Crippen molar-refractivity contribution in [1.29, 1.82) is 0 Å². The highest BCUT2D eigenvalue weighted by molar-refractivity contribution is 5.78. The molecule has 0 spiro atoms. The number of hydrogen-bond donors (Lipinski definition) is 3. The maximum atomic E-state index is 12.2. The van der Waals surface area contributed by atoms with E-state index in [4.69, 9.17) is 19.9 Å². The molecule has 1 aromatic carbocycles. The van der Waals surface area contributed by atoms with E-state index in [9.17, 15) is 9.90 Å². The molecule has 3 atom stereocenters. The Morgan fingerprint density at radius 3 is 2.39 bits per heavy atom. The van der Waals surface area contributed by atoms with Crippen LogP contribution in [0.1, 0.15) is 58.9 Å². The monoisotopic (exact) mass is 466 g/mol. The minimum absolute atomic E-state index is 0.0112. The molecule has 7 nitrogen and oxygen atoms in total. The molecule has 0 aliphatic heterocycles. The molecule has 0 fully saturated rings. The molecule has 0 bridgehead atoms. The molecule has 1 aromatic rings. The van der Waals surface area contributed by atoms with Gasteiger partial charge in [-0.2, -0.15) is 0 Å². The SMILES string of the molecule is CCC(CC)C(=O)NCC(O)C(N)CC(Cc1ccc(OC)c(OCCCOC)c1)C(C)C. The number of rotatable bonds is 17. The van der Waals surface area contributed by atoms with Crippen LogP contribution in [0.2, 0.25) is 0 Å². The number of carbonyl (C=O) groups excluding carboxylic acids is 1. The van der Waals surface area contributed by atoms with Crippen LogP contribution in [0.5, 0.6) is 11.5 Å². The van der Waals surface area contributed by atoms with E-state index >= 15 is 0 Å². The Bertz CT molecular complexity index is 679. The van der Waals surface area contributed by atoms with Crippen LogP contribution in [-0.2, 0) is 16.0 Å². The number of methoxy groups -OCH3 is 2. The summed E-state index contributed by atoms with van der Waals surface area (Å²) >= 11 is 0. The van der Waals surface area contributed by atoms with Gasteiger partial charge in [0.25, 0.3) is 0 Å². The lowest BCUT2D eigenvalue weighted by molar-refractivity contribution is -0.125. The molecule has 0 aliphatic rings. The van der Waals surface area contributed by atoms with Crippen LogP contribution in [0.3, 0.4) is 0 Å². The van der Waals surface area contributed by atoms with Gasteiger partial charge in [0.15, 0.2) is 11.5 Å². The molecule has 0 radical (unpaired) electrons. The Labute approximate surface area is 200 Å². The quantitative estimate of drug-likeness (QED) is 0.303. The number of amides is 1. The average molecular weight is 467 g/mol. The van der Waals surface area contributed by atoms with E-state index in [2.05, 4.69) is 19.2 Å². The Morgan fingerprint density at radius 1 is 1.12 bits per heavy atom. The molecule has 7 heteroatoms. The summed E-state index contributed by atoms with van der Waals surface area (Å²) in [6.45, 7) is 9.73. The van der Waals surface area contributed by atoms with E-state index in [0.29, 0.717) is 31.3 Å². The summed E-state index contributed by atoms with van der Waals surface area (Å²) in [6, 6.07) is 5.59. The van der Waals surface area contributed by atoms with E-state index in [1.54, 1.807) is 14.2 Å². The summed E-state index contributed by atoms with van der Waals surface area (Å²) in [5, 5.41) is 13.4. The largest absolute Gasteiger partial charge is 0.493 e. The molecule has 0 aromatic heterocycles. The van der Waals surface area contributed by atoms with Crippen LogP contribution >= 0.6 is 0 Å². The van der Waals surface area contributed by atoms with E-state index in [0.717, 1.165) is 37.0 Å². The van der Waals surface area contributed by atoms with Gasteiger partial charge in [-0.1, -0.05) is 33.8 Å². The van der Waals surface area contributed by atoms with Gasteiger partial charge in [-0.15, -0.1) is 0 Å². The molecular weight excluding hydrogens is 420 g/mol. The number of benzene rings is 1. The van der Waals surface area contributed by atoms with Crippen LogP contribution < -0.4 is 20.5 Å². The maximum absolute atomic E-state index is 12.2. The third-order valence-electron chi connectivity index (χ3n) is 6.33. The van der Waals surface area contributed by atoms with Gasteiger partial charge in [0, 0.05) is 38.6 Å². The van der Waals surface area contributed by atoms with Gasteiger partial charge >= 0.3 is 0 Å². The fraction of sp³-hybridized carbons (Fsp3) is 0.731. The molecule has 0 aliphatic carbocycles. The number of ether oxygens (including phenoxy) is 3. The van der Waals surface area contributed by atoms with E-state index in [-0.39, 0.29) is 24.3 Å². The fourth-order valence-electron chi connectivity index (χ4n) is 3.91. The third kappa shape index (κ3) is 10.3. The molecule has 4 N–H and O–H groups in total. The van der Waals surface area contributed by atoms with Gasteiger partial charge in [-0.05, 0) is 55.2 Å². The zero-order valence-electron chi connectivity index (χ0n) is 21.4. The fourth-order valence-corrected chi connectivity index (χ4v) is 3.91. The summed E-state index contributed by atoms with van der Waals surface area (Å²) in [5.41, 5.74) is 7.49. The highest BCUT2D eigenvalue weighted by atomic mass is 16.5. The van der Waals surface area contributed by atoms with E-state index < -0.39 is 12.1 Å². The van der Waals surface area contributed by atoms with Crippen LogP contribution in [-0.4, -0.2) is 57.1 Å². The number of aliphatic hydroxyl groups is 1. The minimum atomic E-state index is -0.778. The first kappa shape index (κ1) is 29.2. The maximum Gasteiger partial charge on any atom is 0.223 e. The van der Waals surface area contributed by atoms with Crippen molar-refractivity contribution in [2.75, 3.05) is 34.0 Å². The Hall–Kier alpha value is -1.83. The molecule has 33 heavy (non-hydrogen) atoms. The highest BCUT2D eigenvalue weighted by Gasteiger charge is 2.24. The van der Waals surface area contributed by atoms with Crippen molar-refractivity contribution >= 4 is 5.91 Å². The van der Waals surface area contributed by atoms with Crippen molar-refractivity contribution in [3.8, 4) is 11.5 Å². The zero-order valence-corrected chi connectivity index (χ0v) is 21.4. The van der Waals surface area contributed by atoms with Crippen LogP contribution in [0.4, 0.5) is 0 Å². The predicted octanol–water partition coefficient (Wildman–Crippen LogP) is 3.56. The lowest BCUT2D eigenvalue weighted by Gasteiger charge is -2.28. The number of carbonyl (C=O) groups is 1. The van der Waals surface area contributed by atoms with Crippen molar-refractivity contribution in [1.82, 2.24) is 5.32 Å². The number of nitrogens with one attached hydrogen (secondary N) is 1. The van der Waals surface area contributed by atoms with Gasteiger partial charge in [-0.25, -0.2) is 0 Å². The first-order chi connectivity index (χ1) is 15.8. The molecule has 1 amide bonds. The Kier molecular flexibility index (Phi) is 14.1. The predicted molar refractivity (Wildman–Crippen MR) is 133 cm³/mol. The summed E-state index contributed by atoms with van der Waals surface area (Å²) in [4.78, 5) is 12.2. The lowest BCUT2D eigenvalue weighted by Crippen LogP contribution is -2.46. The van der Waals surface area contributed by atoms with Crippen LogP contribution in [0, 0.1) is 17.8 Å². The first-order valence-corrected chi connectivity index (χ1v) is 12.3. The van der Waals surface area contributed by atoms with E-state index in [1.165, 1.54) is 0 Å². The summed E-state index contributed by atoms with van der Waals surface area (Å²) in [5.74, 6) is 2.06. The highest BCUT2D eigenvalue weighted by Crippen LogP contribution is 2.31. The second kappa shape index (κ2) is 15.9. The second-order valence-electron chi connectivity index (χ2n) is 9.11. The summed E-state index contributed by atoms with van der Waals surface area (Å²) in [6.07, 6.45) is 3.09. The van der Waals surface area contributed by atoms with Crippen molar-refractivity contribution in [2.45, 2.75) is 71.9 Å². The second-order valence-corrected chi connectivity index (χ2v) is 9.11. The first-order valence-electron chi connectivity index (χ1n) is 12.3. The number of nitrogens with two attached hydrogens (primary N) is 1. The Morgan fingerprint density at radius 2 is 1.82 bits per heavy atom. The van der Waals surface area contributed by atoms with Crippen molar-refractivity contribution in [2.24, 2.45) is 23.5 Å². The lowest BCUT2D eigenvalue weighted by atomic mass is 9.83. The van der Waals surface area contributed by atoms with Gasteiger partial charge in [0.2, 0.25) is 5.91 Å². The molecule has 0 saturated carbocycles.